The molecule has 94 valence electrons. The zero-order chi connectivity index (χ0) is 13.2. The Kier molecular flexibility index (Phi) is 4.23. The van der Waals surface area contributed by atoms with E-state index in [4.69, 9.17) is 0 Å². The second-order valence-electron chi connectivity index (χ2n) is 3.29. The van der Waals surface area contributed by atoms with Gasteiger partial charge in [0.05, 0.1) is 4.92 Å². The summed E-state index contributed by atoms with van der Waals surface area (Å²) in [7, 11) is -2.45. The number of benzene rings is 1. The summed E-state index contributed by atoms with van der Waals surface area (Å²) in [5, 5.41) is 10.8. The van der Waals surface area contributed by atoms with Gasteiger partial charge in [0.25, 0.3) is 5.69 Å². The molecule has 0 aliphatic carbocycles. The summed E-state index contributed by atoms with van der Waals surface area (Å²) in [4.78, 5) is 9.79. The first-order chi connectivity index (χ1) is 7.80. The molecule has 17 heavy (non-hydrogen) atoms. The van der Waals surface area contributed by atoms with Gasteiger partial charge in [-0.1, -0.05) is 22.9 Å². The van der Waals surface area contributed by atoms with Crippen LogP contribution in [0.15, 0.2) is 27.6 Å². The molecule has 0 N–H and O–H groups in total. The van der Waals surface area contributed by atoms with Crippen LogP contribution in [0.4, 0.5) is 5.69 Å². The minimum absolute atomic E-state index is 0.242. The second kappa shape index (κ2) is 5.11. The third-order valence-corrected chi connectivity index (χ3v) is 4.71. The normalized spacial score (nSPS) is 11.8. The third-order valence-electron chi connectivity index (χ3n) is 2.25. The lowest BCUT2D eigenvalue weighted by atomic mass is 10.3. The first kappa shape index (κ1) is 14.1. The lowest BCUT2D eigenvalue weighted by molar-refractivity contribution is -0.387. The Hall–Kier alpha value is -0.990. The van der Waals surface area contributed by atoms with E-state index in [1.165, 1.54) is 25.2 Å². The minimum Gasteiger partial charge on any atom is -0.258 e. The molecule has 0 spiro atoms. The van der Waals surface area contributed by atoms with Crippen LogP contribution < -0.4 is 0 Å². The predicted molar refractivity (Wildman–Crippen MR) is 66.3 cm³/mol. The van der Waals surface area contributed by atoms with Crippen LogP contribution in [0.2, 0.25) is 0 Å². The third kappa shape index (κ3) is 2.82. The van der Waals surface area contributed by atoms with Crippen molar-refractivity contribution in [3.8, 4) is 0 Å². The van der Waals surface area contributed by atoms with Gasteiger partial charge in [0.2, 0.25) is 10.0 Å². The van der Waals surface area contributed by atoms with Crippen LogP contribution in [0.5, 0.6) is 0 Å². The van der Waals surface area contributed by atoms with Gasteiger partial charge in [0.15, 0.2) is 4.90 Å². The van der Waals surface area contributed by atoms with Crippen molar-refractivity contribution in [2.24, 2.45) is 0 Å². The van der Waals surface area contributed by atoms with Crippen molar-refractivity contribution >= 4 is 31.6 Å². The lowest BCUT2D eigenvalue weighted by Crippen LogP contribution is -2.27. The Morgan fingerprint density at radius 2 is 2.06 bits per heavy atom. The molecule has 0 fully saturated rings. The van der Waals surface area contributed by atoms with Gasteiger partial charge in [-0.15, -0.1) is 0 Å². The number of sulfonamides is 1. The molecule has 0 radical (unpaired) electrons. The van der Waals surface area contributed by atoms with E-state index in [0.29, 0.717) is 4.47 Å². The fourth-order valence-corrected chi connectivity index (χ4v) is 3.05. The average Bonchev–Trinajstić information content (AvgIpc) is 2.27. The number of hydrogen-bond acceptors (Lipinski definition) is 4. The second-order valence-corrected chi connectivity index (χ2v) is 6.22. The van der Waals surface area contributed by atoms with E-state index >= 15 is 0 Å². The molecule has 0 amide bonds. The molecule has 1 rings (SSSR count). The Morgan fingerprint density at radius 3 is 2.53 bits per heavy atom. The summed E-state index contributed by atoms with van der Waals surface area (Å²) in [6.07, 6.45) is 0. The molecule has 0 saturated carbocycles. The van der Waals surface area contributed by atoms with Gasteiger partial charge in [-0.05, 0) is 12.1 Å². The van der Waals surface area contributed by atoms with E-state index in [2.05, 4.69) is 15.9 Å². The number of hydrogen-bond donors (Lipinski definition) is 0. The van der Waals surface area contributed by atoms with Crippen LogP contribution in [0.3, 0.4) is 0 Å². The predicted octanol–water partition coefficient (Wildman–Crippen LogP) is 2.00. The molecule has 1 aromatic rings. The Labute approximate surface area is 108 Å². The van der Waals surface area contributed by atoms with E-state index in [0.717, 1.165) is 4.31 Å². The molecular formula is C9H11BrN2O4S. The smallest absolute Gasteiger partial charge is 0.258 e. The van der Waals surface area contributed by atoms with Crippen LogP contribution in [-0.4, -0.2) is 31.2 Å². The average molecular weight is 323 g/mol. The quantitative estimate of drug-likeness (QED) is 0.627. The van der Waals surface area contributed by atoms with E-state index in [9.17, 15) is 18.5 Å². The maximum absolute atomic E-state index is 12.0. The van der Waals surface area contributed by atoms with Crippen LogP contribution in [0.25, 0.3) is 0 Å². The minimum atomic E-state index is -3.83. The van der Waals surface area contributed by atoms with Crippen molar-refractivity contribution in [2.75, 3.05) is 13.6 Å². The summed E-state index contributed by atoms with van der Waals surface area (Å²) in [5.41, 5.74) is -0.423. The number of nitro benzene ring substituents is 1. The van der Waals surface area contributed by atoms with Crippen molar-refractivity contribution < 1.29 is 13.3 Å². The van der Waals surface area contributed by atoms with Crippen molar-refractivity contribution in [2.45, 2.75) is 11.8 Å². The highest BCUT2D eigenvalue weighted by Gasteiger charge is 2.28. The fourth-order valence-electron chi connectivity index (χ4n) is 1.18. The van der Waals surface area contributed by atoms with Crippen LogP contribution >= 0.6 is 15.9 Å². The van der Waals surface area contributed by atoms with Crippen molar-refractivity contribution in [1.82, 2.24) is 4.31 Å². The van der Waals surface area contributed by atoms with Crippen molar-refractivity contribution in [3.63, 3.8) is 0 Å². The van der Waals surface area contributed by atoms with Gasteiger partial charge in [-0.2, -0.15) is 0 Å². The molecule has 0 bridgehead atoms. The van der Waals surface area contributed by atoms with E-state index in [-0.39, 0.29) is 11.4 Å². The highest BCUT2D eigenvalue weighted by Crippen LogP contribution is 2.28. The van der Waals surface area contributed by atoms with Crippen LogP contribution in [0.1, 0.15) is 6.92 Å². The van der Waals surface area contributed by atoms with Crippen molar-refractivity contribution in [1.29, 1.82) is 0 Å². The first-order valence-corrected chi connectivity index (χ1v) is 6.94. The van der Waals surface area contributed by atoms with E-state index in [1.54, 1.807) is 6.92 Å². The number of nitro groups is 1. The Morgan fingerprint density at radius 1 is 1.47 bits per heavy atom. The Bertz CT molecular complexity index is 544. The zero-order valence-electron chi connectivity index (χ0n) is 9.25. The highest BCUT2D eigenvalue weighted by atomic mass is 79.9. The maximum Gasteiger partial charge on any atom is 0.289 e. The summed E-state index contributed by atoms with van der Waals surface area (Å²) >= 11 is 3.10. The SMILES string of the molecule is CCN(C)S(=O)(=O)c1cc(Br)ccc1[N+](=O)[O-]. The lowest BCUT2D eigenvalue weighted by Gasteiger charge is -2.14. The van der Waals surface area contributed by atoms with E-state index in [1.807, 2.05) is 0 Å². The number of rotatable bonds is 4. The maximum atomic E-state index is 12.0. The van der Waals surface area contributed by atoms with Gasteiger partial charge in [-0.25, -0.2) is 12.7 Å². The van der Waals surface area contributed by atoms with Gasteiger partial charge < -0.3 is 0 Å². The largest absolute Gasteiger partial charge is 0.289 e. The van der Waals surface area contributed by atoms with Gasteiger partial charge in [0.1, 0.15) is 0 Å². The molecule has 0 aliphatic rings. The first-order valence-electron chi connectivity index (χ1n) is 4.71. The molecule has 0 aromatic heterocycles. The summed E-state index contributed by atoms with van der Waals surface area (Å²) in [6, 6.07) is 3.84. The molecule has 0 heterocycles. The summed E-state index contributed by atoms with van der Waals surface area (Å²) in [5.74, 6) is 0. The summed E-state index contributed by atoms with van der Waals surface area (Å²) < 4.78 is 25.6. The molecule has 0 aliphatic heterocycles. The molecule has 0 atom stereocenters. The molecule has 8 heteroatoms. The molecular weight excluding hydrogens is 312 g/mol. The van der Waals surface area contributed by atoms with Crippen LogP contribution in [0, 0.1) is 10.1 Å². The molecule has 0 unspecified atom stereocenters. The van der Waals surface area contributed by atoms with Crippen LogP contribution in [-0.2, 0) is 10.0 Å². The van der Waals surface area contributed by atoms with Gasteiger partial charge in [0, 0.05) is 24.1 Å². The molecule has 0 saturated heterocycles. The number of halogens is 1. The molecule has 1 aromatic carbocycles. The molecule has 6 nitrogen and oxygen atoms in total. The highest BCUT2D eigenvalue weighted by molar-refractivity contribution is 9.10. The topological polar surface area (TPSA) is 80.5 Å². The standard InChI is InChI=1S/C9H11BrN2O4S/c1-3-11(2)17(15,16)9-6-7(10)4-5-8(9)12(13)14/h4-6H,3H2,1-2H3. The number of nitrogens with zero attached hydrogens (tertiary/aromatic N) is 2. The van der Waals surface area contributed by atoms with Crippen molar-refractivity contribution in [3.05, 3.63) is 32.8 Å². The fraction of sp³-hybridized carbons (Fsp3) is 0.333. The monoisotopic (exact) mass is 322 g/mol. The van der Waals surface area contributed by atoms with Gasteiger partial charge in [-0.3, -0.25) is 10.1 Å². The zero-order valence-corrected chi connectivity index (χ0v) is 11.7. The van der Waals surface area contributed by atoms with Gasteiger partial charge >= 0.3 is 0 Å². The Balaban J connectivity index is 3.49. The summed E-state index contributed by atoms with van der Waals surface area (Å²) in [6.45, 7) is 1.90. The van der Waals surface area contributed by atoms with E-state index < -0.39 is 20.6 Å².